The number of carbonyl (C=O) groups excluding carboxylic acids is 1. The van der Waals surface area contributed by atoms with Gasteiger partial charge in [-0.3, -0.25) is 4.79 Å². The summed E-state index contributed by atoms with van der Waals surface area (Å²) >= 11 is 1.39. The molecule has 0 aliphatic rings. The van der Waals surface area contributed by atoms with Crippen molar-refractivity contribution in [3.05, 3.63) is 60.8 Å². The van der Waals surface area contributed by atoms with E-state index in [1.54, 1.807) is 6.20 Å². The Balaban J connectivity index is 1.64. The summed E-state index contributed by atoms with van der Waals surface area (Å²) in [6.45, 7) is 4.32. The van der Waals surface area contributed by atoms with E-state index < -0.39 is 0 Å². The van der Waals surface area contributed by atoms with Gasteiger partial charge in [-0.2, -0.15) is 0 Å². The average molecular weight is 367 g/mol. The van der Waals surface area contributed by atoms with Gasteiger partial charge in [0.05, 0.1) is 29.4 Å². The summed E-state index contributed by atoms with van der Waals surface area (Å²) < 4.78 is 5.55. The maximum absolute atomic E-state index is 12.5. The van der Waals surface area contributed by atoms with Crippen molar-refractivity contribution in [3.63, 3.8) is 0 Å². The molecule has 3 rings (SSSR count). The number of rotatable bonds is 7. The minimum atomic E-state index is -0.306. The van der Waals surface area contributed by atoms with E-state index in [2.05, 4.69) is 15.3 Å². The number of anilines is 1. The molecule has 1 aromatic heterocycles. The lowest BCUT2D eigenvalue weighted by Gasteiger charge is -2.14. The third-order valence-corrected chi connectivity index (χ3v) is 4.74. The first-order valence-corrected chi connectivity index (χ1v) is 9.35. The van der Waals surface area contributed by atoms with Gasteiger partial charge in [0.1, 0.15) is 5.75 Å². The Morgan fingerprint density at radius 3 is 2.69 bits per heavy atom. The fourth-order valence-corrected chi connectivity index (χ4v) is 3.22. The van der Waals surface area contributed by atoms with Crippen LogP contribution in [-0.2, 0) is 4.79 Å². The molecular formula is C20H21N3O2S. The SMILES string of the molecule is CCOc1ccccc1NC(=O)C(C)Sc1ncc(-c2ccccc2)[nH]1. The number of hydrogen-bond acceptors (Lipinski definition) is 4. The van der Waals surface area contributed by atoms with Crippen LogP contribution in [0.1, 0.15) is 13.8 Å². The minimum absolute atomic E-state index is 0.0974. The Bertz CT molecular complexity index is 864. The Morgan fingerprint density at radius 1 is 1.19 bits per heavy atom. The van der Waals surface area contributed by atoms with Crippen molar-refractivity contribution < 1.29 is 9.53 Å². The van der Waals surface area contributed by atoms with E-state index in [1.165, 1.54) is 11.8 Å². The van der Waals surface area contributed by atoms with Crippen LogP contribution in [0.15, 0.2) is 66.0 Å². The zero-order valence-corrected chi connectivity index (χ0v) is 15.5. The standard InChI is InChI=1S/C20H21N3O2S/c1-3-25-18-12-8-7-11-16(18)22-19(24)14(2)26-20-21-13-17(23-20)15-9-5-4-6-10-15/h4-14H,3H2,1-2H3,(H,21,23)(H,22,24). The molecular weight excluding hydrogens is 346 g/mol. The van der Waals surface area contributed by atoms with Gasteiger partial charge >= 0.3 is 0 Å². The van der Waals surface area contributed by atoms with E-state index in [4.69, 9.17) is 4.74 Å². The number of H-pyrrole nitrogens is 1. The molecule has 0 spiro atoms. The molecule has 0 fully saturated rings. The molecule has 26 heavy (non-hydrogen) atoms. The van der Waals surface area contributed by atoms with Crippen LogP contribution in [0.4, 0.5) is 5.69 Å². The van der Waals surface area contributed by atoms with Gasteiger partial charge < -0.3 is 15.0 Å². The van der Waals surface area contributed by atoms with Gasteiger partial charge in [-0.15, -0.1) is 0 Å². The number of para-hydroxylation sites is 2. The van der Waals surface area contributed by atoms with E-state index in [-0.39, 0.29) is 11.2 Å². The Hall–Kier alpha value is -2.73. The van der Waals surface area contributed by atoms with Crippen LogP contribution in [0.2, 0.25) is 0 Å². The summed E-state index contributed by atoms with van der Waals surface area (Å²) in [6, 6.07) is 17.4. The average Bonchev–Trinajstić information content (AvgIpc) is 3.13. The third-order valence-electron chi connectivity index (χ3n) is 3.74. The number of nitrogens with zero attached hydrogens (tertiary/aromatic N) is 1. The third kappa shape index (κ3) is 4.46. The van der Waals surface area contributed by atoms with Crippen molar-refractivity contribution in [2.75, 3.05) is 11.9 Å². The molecule has 0 bridgehead atoms. The van der Waals surface area contributed by atoms with Gasteiger partial charge in [-0.25, -0.2) is 4.98 Å². The second kappa shape index (κ2) is 8.58. The zero-order valence-electron chi connectivity index (χ0n) is 14.7. The summed E-state index contributed by atoms with van der Waals surface area (Å²) in [6.07, 6.45) is 1.78. The van der Waals surface area contributed by atoms with Gasteiger partial charge in [-0.1, -0.05) is 54.2 Å². The number of carbonyl (C=O) groups is 1. The number of aromatic amines is 1. The maximum Gasteiger partial charge on any atom is 0.237 e. The second-order valence-corrected chi connectivity index (χ2v) is 6.98. The molecule has 2 aromatic carbocycles. The van der Waals surface area contributed by atoms with Crippen molar-refractivity contribution in [1.29, 1.82) is 0 Å². The lowest BCUT2D eigenvalue weighted by molar-refractivity contribution is -0.115. The highest BCUT2D eigenvalue weighted by molar-refractivity contribution is 8.00. The van der Waals surface area contributed by atoms with Gasteiger partial charge in [0, 0.05) is 0 Å². The molecule has 2 N–H and O–H groups in total. The monoisotopic (exact) mass is 367 g/mol. The second-order valence-electron chi connectivity index (χ2n) is 5.65. The lowest BCUT2D eigenvalue weighted by atomic mass is 10.2. The van der Waals surface area contributed by atoms with Crippen molar-refractivity contribution in [1.82, 2.24) is 9.97 Å². The molecule has 5 nitrogen and oxygen atoms in total. The van der Waals surface area contributed by atoms with Crippen LogP contribution < -0.4 is 10.1 Å². The van der Waals surface area contributed by atoms with Gasteiger partial charge in [0.2, 0.25) is 5.91 Å². The highest BCUT2D eigenvalue weighted by Gasteiger charge is 2.18. The normalized spacial score (nSPS) is 11.8. The number of ether oxygens (including phenoxy) is 1. The van der Waals surface area contributed by atoms with Crippen molar-refractivity contribution in [3.8, 4) is 17.0 Å². The predicted octanol–water partition coefficient (Wildman–Crippen LogP) is 4.59. The zero-order chi connectivity index (χ0) is 18.4. The number of hydrogen-bond donors (Lipinski definition) is 2. The first kappa shape index (κ1) is 18.1. The summed E-state index contributed by atoms with van der Waals surface area (Å²) in [5.41, 5.74) is 2.67. The van der Waals surface area contributed by atoms with Crippen LogP contribution in [0, 0.1) is 0 Å². The van der Waals surface area contributed by atoms with E-state index in [0.717, 1.165) is 11.3 Å². The fraction of sp³-hybridized carbons (Fsp3) is 0.200. The number of benzene rings is 2. The molecule has 3 aromatic rings. The molecule has 0 aliphatic carbocycles. The smallest absolute Gasteiger partial charge is 0.237 e. The maximum atomic E-state index is 12.5. The van der Waals surface area contributed by atoms with Crippen LogP contribution in [0.25, 0.3) is 11.3 Å². The van der Waals surface area contributed by atoms with Gasteiger partial charge in [0.25, 0.3) is 0 Å². The summed E-state index contributed by atoms with van der Waals surface area (Å²) in [7, 11) is 0. The largest absolute Gasteiger partial charge is 0.492 e. The molecule has 0 radical (unpaired) electrons. The quantitative estimate of drug-likeness (QED) is 0.599. The Labute approximate surface area is 157 Å². The number of imidazole rings is 1. The van der Waals surface area contributed by atoms with E-state index in [0.29, 0.717) is 23.2 Å². The molecule has 1 amide bonds. The Kier molecular flexibility index (Phi) is 5.96. The summed E-state index contributed by atoms with van der Waals surface area (Å²) in [5, 5.41) is 3.33. The molecule has 0 saturated carbocycles. The van der Waals surface area contributed by atoms with Gasteiger partial charge in [0.15, 0.2) is 5.16 Å². The minimum Gasteiger partial charge on any atom is -0.492 e. The van der Waals surface area contributed by atoms with Gasteiger partial charge in [-0.05, 0) is 31.5 Å². The molecule has 6 heteroatoms. The molecule has 0 saturated heterocycles. The number of thioether (sulfide) groups is 1. The van der Waals surface area contributed by atoms with Crippen molar-refractivity contribution in [2.45, 2.75) is 24.3 Å². The van der Waals surface area contributed by atoms with Crippen molar-refractivity contribution >= 4 is 23.4 Å². The molecule has 1 heterocycles. The topological polar surface area (TPSA) is 67.0 Å². The number of nitrogens with one attached hydrogen (secondary N) is 2. The van der Waals surface area contributed by atoms with E-state index in [9.17, 15) is 4.79 Å². The van der Waals surface area contributed by atoms with Crippen LogP contribution in [-0.4, -0.2) is 27.7 Å². The van der Waals surface area contributed by atoms with E-state index in [1.807, 2.05) is 68.4 Å². The Morgan fingerprint density at radius 2 is 1.92 bits per heavy atom. The summed E-state index contributed by atoms with van der Waals surface area (Å²) in [5.74, 6) is 0.574. The predicted molar refractivity (Wildman–Crippen MR) is 106 cm³/mol. The first-order chi connectivity index (χ1) is 12.7. The first-order valence-electron chi connectivity index (χ1n) is 8.47. The molecule has 1 unspecified atom stereocenters. The highest BCUT2D eigenvalue weighted by atomic mass is 32.2. The van der Waals surface area contributed by atoms with Crippen LogP contribution in [0.5, 0.6) is 5.75 Å². The number of amides is 1. The fourth-order valence-electron chi connectivity index (χ4n) is 2.43. The molecule has 1 atom stereocenters. The molecule has 0 aliphatic heterocycles. The van der Waals surface area contributed by atoms with E-state index >= 15 is 0 Å². The van der Waals surface area contributed by atoms with Crippen LogP contribution >= 0.6 is 11.8 Å². The number of aromatic nitrogens is 2. The van der Waals surface area contributed by atoms with Crippen LogP contribution in [0.3, 0.4) is 0 Å². The van der Waals surface area contributed by atoms with Crippen molar-refractivity contribution in [2.24, 2.45) is 0 Å². The lowest BCUT2D eigenvalue weighted by Crippen LogP contribution is -2.22. The highest BCUT2D eigenvalue weighted by Crippen LogP contribution is 2.27. The summed E-state index contributed by atoms with van der Waals surface area (Å²) in [4.78, 5) is 20.2. The molecule has 134 valence electrons.